The van der Waals surface area contributed by atoms with Gasteiger partial charge in [0, 0.05) is 5.02 Å². The van der Waals surface area contributed by atoms with E-state index >= 15 is 0 Å². The predicted octanol–water partition coefficient (Wildman–Crippen LogP) is 3.47. The Morgan fingerprint density at radius 2 is 2.18 bits per heavy atom. The van der Waals surface area contributed by atoms with Gasteiger partial charge in [0.15, 0.2) is 0 Å². The fourth-order valence-electron chi connectivity index (χ4n) is 1.10. The van der Waals surface area contributed by atoms with Gasteiger partial charge < -0.3 is 0 Å². The van der Waals surface area contributed by atoms with Gasteiger partial charge in [-0.2, -0.15) is 0 Å². The van der Waals surface area contributed by atoms with Gasteiger partial charge in [0.25, 0.3) is 0 Å². The Bertz CT molecular complexity index is 241. The van der Waals surface area contributed by atoms with E-state index in [1.807, 2.05) is 18.2 Å². The molecular weight excluding hydrogens is 156 g/mol. The van der Waals surface area contributed by atoms with E-state index in [2.05, 4.69) is 13.8 Å². The van der Waals surface area contributed by atoms with Gasteiger partial charge in [0.2, 0.25) is 0 Å². The van der Waals surface area contributed by atoms with Crippen molar-refractivity contribution in [1.82, 2.24) is 0 Å². The molecule has 0 N–H and O–H groups in total. The second kappa shape index (κ2) is 3.77. The van der Waals surface area contributed by atoms with Crippen LogP contribution in [-0.4, -0.2) is 0 Å². The lowest BCUT2D eigenvalue weighted by molar-refractivity contribution is 0.917. The van der Waals surface area contributed by atoms with E-state index in [1.54, 1.807) is 0 Å². The molecule has 0 fully saturated rings. The van der Waals surface area contributed by atoms with E-state index in [1.165, 1.54) is 5.56 Å². The first-order valence-electron chi connectivity index (χ1n) is 3.84. The largest absolute Gasteiger partial charge is 0.0843 e. The first-order valence-corrected chi connectivity index (χ1v) is 4.22. The highest BCUT2D eigenvalue weighted by Gasteiger charge is 1.96. The van der Waals surface area contributed by atoms with Crippen molar-refractivity contribution < 1.29 is 0 Å². The van der Waals surface area contributed by atoms with Gasteiger partial charge in [-0.15, -0.1) is 0 Å². The van der Waals surface area contributed by atoms with Crippen molar-refractivity contribution in [3.8, 4) is 0 Å². The summed E-state index contributed by atoms with van der Waals surface area (Å²) in [5.41, 5.74) is 2.36. The van der Waals surface area contributed by atoms with Crippen molar-refractivity contribution in [3.05, 3.63) is 41.3 Å². The highest BCUT2D eigenvalue weighted by molar-refractivity contribution is 6.30. The summed E-state index contributed by atoms with van der Waals surface area (Å²) in [5.74, 6) is 0. The minimum absolute atomic E-state index is 0.806. The number of hydrogen-bond acceptors (Lipinski definition) is 0. The third-order valence-corrected chi connectivity index (χ3v) is 1.92. The molecule has 0 heterocycles. The van der Waals surface area contributed by atoms with Crippen molar-refractivity contribution >= 4 is 11.6 Å². The summed E-state index contributed by atoms with van der Waals surface area (Å²) >= 11 is 5.82. The van der Waals surface area contributed by atoms with Gasteiger partial charge in [-0.1, -0.05) is 31.0 Å². The molecule has 0 saturated heterocycles. The Hall–Kier alpha value is -0.490. The van der Waals surface area contributed by atoms with E-state index in [0.29, 0.717) is 0 Å². The average molecular weight is 168 g/mol. The fraction of sp³-hybridized carbons (Fsp3) is 0.300. The normalized spacial score (nSPS) is 10.1. The molecule has 0 nitrogen and oxygen atoms in total. The molecule has 11 heavy (non-hydrogen) atoms. The molecule has 0 spiro atoms. The lowest BCUT2D eigenvalue weighted by atomic mass is 10.1. The van der Waals surface area contributed by atoms with Gasteiger partial charge in [-0.3, -0.25) is 0 Å². The summed E-state index contributed by atoms with van der Waals surface area (Å²) in [7, 11) is 0. The van der Waals surface area contributed by atoms with Crippen LogP contribution in [0.15, 0.2) is 18.2 Å². The molecule has 0 saturated carbocycles. The monoisotopic (exact) mass is 167 g/mol. The molecule has 0 atom stereocenters. The lowest BCUT2D eigenvalue weighted by Crippen LogP contribution is -1.87. The highest BCUT2D eigenvalue weighted by Crippen LogP contribution is 2.16. The minimum Gasteiger partial charge on any atom is -0.0843 e. The number of rotatable bonds is 2. The number of aryl methyl sites for hydroxylation is 1. The van der Waals surface area contributed by atoms with Crippen LogP contribution in [0.25, 0.3) is 0 Å². The molecular formula is C10H12Cl. The first-order chi connectivity index (χ1) is 5.24. The van der Waals surface area contributed by atoms with Gasteiger partial charge in [0.05, 0.1) is 0 Å². The second-order valence-electron chi connectivity index (χ2n) is 2.66. The Labute approximate surface area is 73.2 Å². The molecule has 1 aromatic carbocycles. The SMILES string of the molecule is [CH2]c1ccc(Cl)cc1CCC. The lowest BCUT2D eigenvalue weighted by Gasteiger charge is -2.03. The van der Waals surface area contributed by atoms with Crippen LogP contribution in [0.4, 0.5) is 0 Å². The number of hydrogen-bond donors (Lipinski definition) is 0. The van der Waals surface area contributed by atoms with Crippen LogP contribution in [0.5, 0.6) is 0 Å². The summed E-state index contributed by atoms with van der Waals surface area (Å²) < 4.78 is 0. The minimum atomic E-state index is 0.806. The Kier molecular flexibility index (Phi) is 2.95. The zero-order chi connectivity index (χ0) is 8.27. The van der Waals surface area contributed by atoms with Crippen molar-refractivity contribution in [2.75, 3.05) is 0 Å². The summed E-state index contributed by atoms with van der Waals surface area (Å²) in [6.07, 6.45) is 2.21. The van der Waals surface area contributed by atoms with Crippen molar-refractivity contribution in [2.45, 2.75) is 19.8 Å². The van der Waals surface area contributed by atoms with Crippen molar-refractivity contribution in [2.24, 2.45) is 0 Å². The molecule has 0 aliphatic heterocycles. The molecule has 0 aliphatic rings. The topological polar surface area (TPSA) is 0 Å². The van der Waals surface area contributed by atoms with Crippen molar-refractivity contribution in [1.29, 1.82) is 0 Å². The van der Waals surface area contributed by atoms with Gasteiger partial charge in [0.1, 0.15) is 0 Å². The quantitative estimate of drug-likeness (QED) is 0.633. The maximum absolute atomic E-state index is 5.82. The van der Waals surface area contributed by atoms with E-state index in [9.17, 15) is 0 Å². The molecule has 1 rings (SSSR count). The third-order valence-electron chi connectivity index (χ3n) is 1.69. The second-order valence-corrected chi connectivity index (χ2v) is 3.10. The average Bonchev–Trinajstić information content (AvgIpc) is 1.98. The van der Waals surface area contributed by atoms with Crippen molar-refractivity contribution in [3.63, 3.8) is 0 Å². The molecule has 1 heteroatoms. The smallest absolute Gasteiger partial charge is 0.0408 e. The summed E-state index contributed by atoms with van der Waals surface area (Å²) in [6, 6.07) is 5.84. The predicted molar refractivity (Wildman–Crippen MR) is 49.9 cm³/mol. The van der Waals surface area contributed by atoms with E-state index < -0.39 is 0 Å². The van der Waals surface area contributed by atoms with Gasteiger partial charge in [-0.05, 0) is 36.6 Å². The standard InChI is InChI=1S/C10H12Cl/c1-3-4-9-7-10(11)6-5-8(9)2/h5-7H,2-4H2,1H3. The summed E-state index contributed by atoms with van der Waals surface area (Å²) in [5, 5.41) is 0.806. The van der Waals surface area contributed by atoms with Crippen LogP contribution in [0.1, 0.15) is 24.5 Å². The van der Waals surface area contributed by atoms with Crippen LogP contribution in [0, 0.1) is 6.92 Å². The van der Waals surface area contributed by atoms with E-state index in [4.69, 9.17) is 11.6 Å². The third kappa shape index (κ3) is 2.23. The Balaban J connectivity index is 2.93. The zero-order valence-corrected chi connectivity index (χ0v) is 7.49. The molecule has 59 valence electrons. The molecule has 0 amide bonds. The number of halogens is 1. The molecule has 1 aromatic rings. The first kappa shape index (κ1) is 8.61. The molecule has 1 radical (unpaired) electrons. The molecule has 0 aromatic heterocycles. The van der Waals surface area contributed by atoms with E-state index in [0.717, 1.165) is 23.4 Å². The van der Waals surface area contributed by atoms with Crippen LogP contribution >= 0.6 is 11.6 Å². The van der Waals surface area contributed by atoms with Crippen LogP contribution in [-0.2, 0) is 6.42 Å². The summed E-state index contributed by atoms with van der Waals surface area (Å²) in [4.78, 5) is 0. The maximum atomic E-state index is 5.82. The Morgan fingerprint density at radius 3 is 2.82 bits per heavy atom. The molecule has 0 unspecified atom stereocenters. The van der Waals surface area contributed by atoms with Gasteiger partial charge >= 0.3 is 0 Å². The van der Waals surface area contributed by atoms with E-state index in [-0.39, 0.29) is 0 Å². The van der Waals surface area contributed by atoms with Crippen LogP contribution in [0.3, 0.4) is 0 Å². The molecule has 0 bridgehead atoms. The highest BCUT2D eigenvalue weighted by atomic mass is 35.5. The summed E-state index contributed by atoms with van der Waals surface area (Å²) in [6.45, 7) is 6.07. The Morgan fingerprint density at radius 1 is 1.45 bits per heavy atom. The zero-order valence-electron chi connectivity index (χ0n) is 6.73. The van der Waals surface area contributed by atoms with Crippen LogP contribution in [0.2, 0.25) is 5.02 Å². The maximum Gasteiger partial charge on any atom is 0.0408 e. The number of benzene rings is 1. The molecule has 0 aliphatic carbocycles. The van der Waals surface area contributed by atoms with Gasteiger partial charge in [-0.25, -0.2) is 0 Å². The fourth-order valence-corrected chi connectivity index (χ4v) is 1.29. The van der Waals surface area contributed by atoms with Crippen LogP contribution < -0.4 is 0 Å².